The summed E-state index contributed by atoms with van der Waals surface area (Å²) in [6.07, 6.45) is 0.446. The highest BCUT2D eigenvalue weighted by molar-refractivity contribution is 5.93. The monoisotopic (exact) mass is 377 g/mol. The molecule has 0 aliphatic carbocycles. The molecular weight excluding hydrogens is 358 g/mol. The quantitative estimate of drug-likeness (QED) is 0.711. The van der Waals surface area contributed by atoms with Crippen LogP contribution in [0.25, 0.3) is 0 Å². The summed E-state index contributed by atoms with van der Waals surface area (Å²) in [6, 6.07) is 16.6. The van der Waals surface area contributed by atoms with Crippen molar-refractivity contribution in [3.05, 3.63) is 65.7 Å². The lowest BCUT2D eigenvalue weighted by Gasteiger charge is -2.23. The number of carbonyl (C=O) groups is 2. The predicted molar refractivity (Wildman–Crippen MR) is 103 cm³/mol. The Morgan fingerprint density at radius 3 is 2.68 bits per heavy atom. The van der Waals surface area contributed by atoms with Gasteiger partial charge in [0.15, 0.2) is 0 Å². The van der Waals surface area contributed by atoms with E-state index in [9.17, 15) is 9.59 Å². The lowest BCUT2D eigenvalue weighted by atomic mass is 10.0. The van der Waals surface area contributed by atoms with Gasteiger partial charge in [-0.15, -0.1) is 5.10 Å². The highest BCUT2D eigenvalue weighted by atomic mass is 16.5. The van der Waals surface area contributed by atoms with Crippen molar-refractivity contribution in [2.45, 2.75) is 18.9 Å². The van der Waals surface area contributed by atoms with Crippen LogP contribution in [0.4, 0.5) is 11.9 Å². The molecule has 1 aliphatic rings. The fraction of sp³-hybridized carbons (Fsp3) is 0.200. The van der Waals surface area contributed by atoms with E-state index in [-0.39, 0.29) is 36.6 Å². The number of amides is 2. The van der Waals surface area contributed by atoms with Gasteiger partial charge in [-0.2, -0.15) is 4.98 Å². The minimum Gasteiger partial charge on any atom is -0.497 e. The first kappa shape index (κ1) is 17.7. The highest BCUT2D eigenvalue weighted by Gasteiger charge is 2.29. The zero-order chi connectivity index (χ0) is 19.5. The van der Waals surface area contributed by atoms with Crippen molar-refractivity contribution in [2.24, 2.45) is 0 Å². The molecule has 0 bridgehead atoms. The molecule has 8 nitrogen and oxygen atoms in total. The van der Waals surface area contributed by atoms with Gasteiger partial charge in [-0.1, -0.05) is 42.5 Å². The molecule has 2 N–H and O–H groups in total. The van der Waals surface area contributed by atoms with Crippen LogP contribution in [-0.4, -0.2) is 33.7 Å². The number of nitrogens with one attached hydrogen (secondary N) is 2. The molecule has 2 heterocycles. The topological polar surface area (TPSA) is 98.1 Å². The molecule has 1 aromatic heterocycles. The van der Waals surface area contributed by atoms with Crippen LogP contribution >= 0.6 is 0 Å². The number of benzene rings is 2. The van der Waals surface area contributed by atoms with Gasteiger partial charge in [0.2, 0.25) is 17.8 Å². The number of anilines is 2. The second-order valence-electron chi connectivity index (χ2n) is 6.46. The molecule has 3 aromatic rings. The van der Waals surface area contributed by atoms with E-state index >= 15 is 0 Å². The second-order valence-corrected chi connectivity index (χ2v) is 6.46. The number of hydrogen-bond donors (Lipinski definition) is 2. The molecular formula is C20H19N5O3. The summed E-state index contributed by atoms with van der Waals surface area (Å²) in [5, 5.41) is 9.79. The molecule has 2 amide bonds. The molecule has 0 saturated carbocycles. The Morgan fingerprint density at radius 2 is 1.96 bits per heavy atom. The van der Waals surface area contributed by atoms with E-state index in [0.717, 1.165) is 16.9 Å². The van der Waals surface area contributed by atoms with Gasteiger partial charge >= 0.3 is 0 Å². The van der Waals surface area contributed by atoms with Crippen LogP contribution in [0.2, 0.25) is 0 Å². The van der Waals surface area contributed by atoms with Gasteiger partial charge in [-0.3, -0.25) is 20.2 Å². The third-order valence-corrected chi connectivity index (χ3v) is 4.52. The van der Waals surface area contributed by atoms with Crippen molar-refractivity contribution in [1.82, 2.24) is 14.8 Å². The van der Waals surface area contributed by atoms with Crippen molar-refractivity contribution >= 4 is 23.7 Å². The Bertz CT molecular complexity index is 998. The number of carbonyl (C=O) groups excluding carboxylic acids is 2. The first-order valence-corrected chi connectivity index (χ1v) is 8.86. The van der Waals surface area contributed by atoms with Crippen LogP contribution in [0.3, 0.4) is 0 Å². The zero-order valence-electron chi connectivity index (χ0n) is 15.3. The number of rotatable bonds is 5. The normalized spacial score (nSPS) is 15.5. The lowest BCUT2D eigenvalue weighted by molar-refractivity contribution is -0.117. The fourth-order valence-electron chi connectivity index (χ4n) is 3.15. The molecule has 1 unspecified atom stereocenters. The summed E-state index contributed by atoms with van der Waals surface area (Å²) >= 11 is 0. The standard InChI is InChI=1S/C20H19N5O3/c1-28-15-9-7-13(8-10-15)11-17(26)21-19-23-20-22-18(27)12-16(25(20)24-19)14-5-3-2-4-6-14/h2-10,16H,11-12H2,1H3,(H2,21,22,23,24,26,27). The minimum atomic E-state index is -0.260. The Balaban J connectivity index is 1.50. The average molecular weight is 377 g/mol. The molecule has 2 aromatic carbocycles. The van der Waals surface area contributed by atoms with Gasteiger partial charge in [0.25, 0.3) is 5.95 Å². The summed E-state index contributed by atoms with van der Waals surface area (Å²) in [6.45, 7) is 0. The summed E-state index contributed by atoms with van der Waals surface area (Å²) in [7, 11) is 1.59. The third-order valence-electron chi connectivity index (χ3n) is 4.52. The second kappa shape index (κ2) is 7.51. The molecule has 0 fully saturated rings. The van der Waals surface area contributed by atoms with E-state index in [2.05, 4.69) is 20.7 Å². The number of fused-ring (bicyclic) bond motifs is 1. The molecule has 4 rings (SSSR count). The molecule has 1 atom stereocenters. The number of nitrogens with zero attached hydrogens (tertiary/aromatic N) is 3. The van der Waals surface area contributed by atoms with E-state index < -0.39 is 0 Å². The Hall–Kier alpha value is -3.68. The zero-order valence-corrected chi connectivity index (χ0v) is 15.3. The van der Waals surface area contributed by atoms with E-state index in [1.54, 1.807) is 23.9 Å². The van der Waals surface area contributed by atoms with E-state index in [1.807, 2.05) is 42.5 Å². The van der Waals surface area contributed by atoms with Crippen molar-refractivity contribution in [3.8, 4) is 5.75 Å². The van der Waals surface area contributed by atoms with Gasteiger partial charge in [0, 0.05) is 0 Å². The van der Waals surface area contributed by atoms with Crippen molar-refractivity contribution < 1.29 is 14.3 Å². The molecule has 0 radical (unpaired) electrons. The van der Waals surface area contributed by atoms with E-state index in [4.69, 9.17) is 4.74 Å². The summed E-state index contributed by atoms with van der Waals surface area (Å²) in [4.78, 5) is 28.6. The van der Waals surface area contributed by atoms with Crippen LogP contribution in [0.15, 0.2) is 54.6 Å². The highest BCUT2D eigenvalue weighted by Crippen LogP contribution is 2.29. The van der Waals surface area contributed by atoms with Crippen LogP contribution in [-0.2, 0) is 16.0 Å². The van der Waals surface area contributed by atoms with Crippen LogP contribution in [0.1, 0.15) is 23.6 Å². The van der Waals surface area contributed by atoms with Crippen LogP contribution in [0, 0.1) is 0 Å². The number of hydrogen-bond acceptors (Lipinski definition) is 5. The Kier molecular flexibility index (Phi) is 4.76. The van der Waals surface area contributed by atoms with Crippen LogP contribution < -0.4 is 15.4 Å². The largest absolute Gasteiger partial charge is 0.497 e. The van der Waals surface area contributed by atoms with Gasteiger partial charge in [0.1, 0.15) is 5.75 Å². The minimum absolute atomic E-state index is 0.134. The molecule has 1 aliphatic heterocycles. The molecule has 28 heavy (non-hydrogen) atoms. The Morgan fingerprint density at radius 1 is 1.21 bits per heavy atom. The number of methoxy groups -OCH3 is 1. The van der Waals surface area contributed by atoms with Crippen molar-refractivity contribution in [1.29, 1.82) is 0 Å². The maximum atomic E-state index is 12.3. The average Bonchev–Trinajstić information content (AvgIpc) is 3.10. The van der Waals surface area contributed by atoms with Gasteiger partial charge in [0.05, 0.1) is 26.0 Å². The van der Waals surface area contributed by atoms with Gasteiger partial charge in [-0.25, -0.2) is 4.68 Å². The maximum absolute atomic E-state index is 12.3. The number of ether oxygens (including phenoxy) is 1. The lowest BCUT2D eigenvalue weighted by Crippen LogP contribution is -2.29. The SMILES string of the molecule is COc1ccc(CC(=O)Nc2nc3n(n2)C(c2ccccc2)CC(=O)N3)cc1. The van der Waals surface area contributed by atoms with Gasteiger partial charge < -0.3 is 4.74 Å². The van der Waals surface area contributed by atoms with E-state index in [1.165, 1.54) is 0 Å². The first-order chi connectivity index (χ1) is 13.6. The summed E-state index contributed by atoms with van der Waals surface area (Å²) in [5.41, 5.74) is 1.80. The smallest absolute Gasteiger partial charge is 0.250 e. The molecule has 0 spiro atoms. The molecule has 142 valence electrons. The third kappa shape index (κ3) is 3.71. The number of aromatic nitrogens is 3. The molecule has 8 heteroatoms. The van der Waals surface area contributed by atoms with Crippen molar-refractivity contribution in [3.63, 3.8) is 0 Å². The Labute approximate surface area is 161 Å². The first-order valence-electron chi connectivity index (χ1n) is 8.86. The van der Waals surface area contributed by atoms with Crippen LogP contribution in [0.5, 0.6) is 5.75 Å². The predicted octanol–water partition coefficient (Wildman–Crippen LogP) is 2.40. The maximum Gasteiger partial charge on any atom is 0.250 e. The van der Waals surface area contributed by atoms with Gasteiger partial charge in [-0.05, 0) is 23.3 Å². The fourth-order valence-corrected chi connectivity index (χ4v) is 3.15. The van der Waals surface area contributed by atoms with Crippen molar-refractivity contribution in [2.75, 3.05) is 17.7 Å². The molecule has 0 saturated heterocycles. The summed E-state index contributed by atoms with van der Waals surface area (Å²) in [5.74, 6) is 0.845. The summed E-state index contributed by atoms with van der Waals surface area (Å²) < 4.78 is 6.75. The van der Waals surface area contributed by atoms with E-state index in [0.29, 0.717) is 5.95 Å².